The van der Waals surface area contributed by atoms with Gasteiger partial charge in [0.2, 0.25) is 0 Å². The Kier molecular flexibility index (Phi) is 6.06. The second kappa shape index (κ2) is 8.29. The summed E-state index contributed by atoms with van der Waals surface area (Å²) in [6, 6.07) is 18.7. The average molecular weight is 350 g/mol. The van der Waals surface area contributed by atoms with E-state index in [1.54, 1.807) is 0 Å². The van der Waals surface area contributed by atoms with Crippen molar-refractivity contribution in [1.29, 1.82) is 0 Å². The SMILES string of the molecule is CCCCCCCC(CC)N1c2ccccc2C(C)(C)c2ccccc21. The number of hydrogen-bond acceptors (Lipinski definition) is 1. The summed E-state index contributed by atoms with van der Waals surface area (Å²) in [6.45, 7) is 9.38. The first kappa shape index (κ1) is 19.0. The minimum atomic E-state index is 0.0586. The van der Waals surface area contributed by atoms with Gasteiger partial charge in [-0.15, -0.1) is 0 Å². The Hall–Kier alpha value is -1.76. The largest absolute Gasteiger partial charge is 0.338 e. The standard InChI is InChI=1S/C25H35N/c1-5-7-8-9-10-15-20(6-2)26-23-18-13-11-16-21(23)25(3,4)22-17-12-14-19-24(22)26/h11-14,16-20H,5-10,15H2,1-4H3. The highest BCUT2D eigenvalue weighted by Gasteiger charge is 2.37. The number of unbranched alkanes of at least 4 members (excludes halogenated alkanes) is 4. The average Bonchev–Trinajstić information content (AvgIpc) is 2.66. The Morgan fingerprint density at radius 1 is 0.769 bits per heavy atom. The van der Waals surface area contributed by atoms with Gasteiger partial charge in [-0.1, -0.05) is 96.2 Å². The Morgan fingerprint density at radius 3 is 1.85 bits per heavy atom. The summed E-state index contributed by atoms with van der Waals surface area (Å²) in [6.07, 6.45) is 9.25. The highest BCUT2D eigenvalue weighted by Crippen LogP contribution is 2.50. The number of nitrogens with zero attached hydrogens (tertiary/aromatic N) is 1. The van der Waals surface area contributed by atoms with Crippen molar-refractivity contribution >= 4 is 11.4 Å². The molecule has 0 aliphatic carbocycles. The smallest absolute Gasteiger partial charge is 0.0454 e. The molecule has 0 spiro atoms. The highest BCUT2D eigenvalue weighted by atomic mass is 15.2. The minimum Gasteiger partial charge on any atom is -0.338 e. The molecule has 26 heavy (non-hydrogen) atoms. The Balaban J connectivity index is 1.93. The van der Waals surface area contributed by atoms with E-state index in [1.807, 2.05) is 0 Å². The molecule has 0 fully saturated rings. The van der Waals surface area contributed by atoms with Crippen LogP contribution in [-0.2, 0) is 5.41 Å². The summed E-state index contributed by atoms with van der Waals surface area (Å²) >= 11 is 0. The molecule has 0 saturated heterocycles. The van der Waals surface area contributed by atoms with Crippen LogP contribution in [0.3, 0.4) is 0 Å². The maximum atomic E-state index is 2.65. The summed E-state index contributed by atoms with van der Waals surface area (Å²) in [7, 11) is 0. The van der Waals surface area contributed by atoms with Crippen LogP contribution in [-0.4, -0.2) is 6.04 Å². The van der Waals surface area contributed by atoms with Crippen LogP contribution in [0.2, 0.25) is 0 Å². The normalized spacial score (nSPS) is 16.1. The molecule has 140 valence electrons. The van der Waals surface area contributed by atoms with E-state index in [4.69, 9.17) is 0 Å². The van der Waals surface area contributed by atoms with Crippen LogP contribution in [0.4, 0.5) is 11.4 Å². The van der Waals surface area contributed by atoms with Crippen LogP contribution in [0.15, 0.2) is 48.5 Å². The lowest BCUT2D eigenvalue weighted by Crippen LogP contribution is -2.38. The molecule has 0 saturated carbocycles. The van der Waals surface area contributed by atoms with Crippen LogP contribution >= 0.6 is 0 Å². The molecular formula is C25H35N. The molecule has 0 N–H and O–H groups in total. The highest BCUT2D eigenvalue weighted by molar-refractivity contribution is 5.78. The molecule has 2 aromatic rings. The molecule has 3 rings (SSSR count). The van der Waals surface area contributed by atoms with Crippen molar-refractivity contribution in [2.75, 3.05) is 4.90 Å². The summed E-state index contributed by atoms with van der Waals surface area (Å²) in [4.78, 5) is 2.65. The van der Waals surface area contributed by atoms with Crippen LogP contribution in [0.1, 0.15) is 83.8 Å². The van der Waals surface area contributed by atoms with Gasteiger partial charge >= 0.3 is 0 Å². The van der Waals surface area contributed by atoms with E-state index in [0.717, 1.165) is 0 Å². The molecular weight excluding hydrogens is 314 g/mol. The van der Waals surface area contributed by atoms with Crippen molar-refractivity contribution in [1.82, 2.24) is 0 Å². The zero-order chi connectivity index (χ0) is 18.6. The predicted molar refractivity (Wildman–Crippen MR) is 115 cm³/mol. The van der Waals surface area contributed by atoms with Crippen LogP contribution in [0.25, 0.3) is 0 Å². The third-order valence-electron chi connectivity index (χ3n) is 6.15. The molecule has 1 aliphatic heterocycles. The van der Waals surface area contributed by atoms with Crippen molar-refractivity contribution in [2.45, 2.75) is 84.1 Å². The van der Waals surface area contributed by atoms with E-state index < -0.39 is 0 Å². The zero-order valence-corrected chi connectivity index (χ0v) is 17.1. The minimum absolute atomic E-state index is 0.0586. The second-order valence-corrected chi connectivity index (χ2v) is 8.29. The number of para-hydroxylation sites is 2. The number of hydrogen-bond donors (Lipinski definition) is 0. The van der Waals surface area contributed by atoms with E-state index in [1.165, 1.54) is 67.4 Å². The molecule has 1 heterocycles. The van der Waals surface area contributed by atoms with Gasteiger partial charge in [-0.05, 0) is 36.1 Å². The fourth-order valence-electron chi connectivity index (χ4n) is 4.59. The Morgan fingerprint density at radius 2 is 1.31 bits per heavy atom. The van der Waals surface area contributed by atoms with Crippen LogP contribution in [0, 0.1) is 0 Å². The van der Waals surface area contributed by atoms with Gasteiger partial charge in [-0.3, -0.25) is 0 Å². The molecule has 1 aliphatic rings. The first-order chi connectivity index (χ1) is 12.6. The predicted octanol–water partition coefficient (Wildman–Crippen LogP) is 7.60. The van der Waals surface area contributed by atoms with Crippen molar-refractivity contribution < 1.29 is 0 Å². The quantitative estimate of drug-likeness (QED) is 0.443. The topological polar surface area (TPSA) is 3.24 Å². The molecule has 0 aromatic heterocycles. The molecule has 1 heteroatoms. The molecule has 0 bridgehead atoms. The lowest BCUT2D eigenvalue weighted by atomic mass is 9.73. The molecule has 1 unspecified atom stereocenters. The zero-order valence-electron chi connectivity index (χ0n) is 17.1. The fraction of sp³-hybridized carbons (Fsp3) is 0.520. The number of rotatable bonds is 8. The Labute approximate surface area is 160 Å². The van der Waals surface area contributed by atoms with Gasteiger partial charge in [0.15, 0.2) is 0 Å². The summed E-state index contributed by atoms with van der Waals surface area (Å²) in [5.74, 6) is 0. The third-order valence-corrected chi connectivity index (χ3v) is 6.15. The maximum Gasteiger partial charge on any atom is 0.0454 e. The number of benzene rings is 2. The van der Waals surface area contributed by atoms with E-state index in [0.29, 0.717) is 6.04 Å². The van der Waals surface area contributed by atoms with Crippen molar-refractivity contribution in [3.8, 4) is 0 Å². The van der Waals surface area contributed by atoms with Crippen LogP contribution in [0.5, 0.6) is 0 Å². The first-order valence-electron chi connectivity index (χ1n) is 10.6. The van der Waals surface area contributed by atoms with Crippen molar-refractivity contribution in [2.24, 2.45) is 0 Å². The van der Waals surface area contributed by atoms with E-state index in [2.05, 4.69) is 81.1 Å². The maximum absolute atomic E-state index is 2.65. The number of anilines is 2. The lowest BCUT2D eigenvalue weighted by molar-refractivity contribution is 0.511. The van der Waals surface area contributed by atoms with Gasteiger partial charge < -0.3 is 4.90 Å². The monoisotopic (exact) mass is 349 g/mol. The third kappa shape index (κ3) is 3.54. The van der Waals surface area contributed by atoms with Crippen molar-refractivity contribution in [3.05, 3.63) is 59.7 Å². The molecule has 1 nitrogen and oxygen atoms in total. The van der Waals surface area contributed by atoms with Gasteiger partial charge in [-0.25, -0.2) is 0 Å². The van der Waals surface area contributed by atoms with E-state index in [-0.39, 0.29) is 5.41 Å². The van der Waals surface area contributed by atoms with Crippen molar-refractivity contribution in [3.63, 3.8) is 0 Å². The summed E-state index contributed by atoms with van der Waals surface area (Å²) in [5.41, 5.74) is 5.81. The number of fused-ring (bicyclic) bond motifs is 2. The van der Waals surface area contributed by atoms with Gasteiger partial charge in [0, 0.05) is 22.8 Å². The summed E-state index contributed by atoms with van der Waals surface area (Å²) < 4.78 is 0. The molecule has 2 aromatic carbocycles. The lowest BCUT2D eigenvalue weighted by Gasteiger charge is -2.45. The van der Waals surface area contributed by atoms with Gasteiger partial charge in [0.25, 0.3) is 0 Å². The second-order valence-electron chi connectivity index (χ2n) is 8.29. The van der Waals surface area contributed by atoms with Gasteiger partial charge in [0.05, 0.1) is 0 Å². The molecule has 0 amide bonds. The molecule has 0 radical (unpaired) electrons. The first-order valence-corrected chi connectivity index (χ1v) is 10.6. The molecule has 1 atom stereocenters. The van der Waals surface area contributed by atoms with E-state index >= 15 is 0 Å². The van der Waals surface area contributed by atoms with Crippen LogP contribution < -0.4 is 4.90 Å². The van der Waals surface area contributed by atoms with Gasteiger partial charge in [0.1, 0.15) is 0 Å². The fourth-order valence-corrected chi connectivity index (χ4v) is 4.59. The summed E-state index contributed by atoms with van der Waals surface area (Å²) in [5, 5.41) is 0. The van der Waals surface area contributed by atoms with E-state index in [9.17, 15) is 0 Å². The Bertz CT molecular complexity index is 666. The van der Waals surface area contributed by atoms with Gasteiger partial charge in [-0.2, -0.15) is 0 Å².